The molecule has 0 bridgehead atoms. The molecule has 3 aromatic heterocycles. The fraction of sp³-hybridized carbons (Fsp3) is 0.241. The van der Waals surface area contributed by atoms with Crippen LogP contribution < -0.4 is 20.3 Å². The summed E-state index contributed by atoms with van der Waals surface area (Å²) in [5, 5.41) is 10.3. The number of pyridine rings is 1. The number of rotatable bonds is 10. The quantitative estimate of drug-likeness (QED) is 0.254. The van der Waals surface area contributed by atoms with Crippen LogP contribution in [-0.2, 0) is 24.9 Å². The van der Waals surface area contributed by atoms with Crippen LogP contribution in [0.25, 0.3) is 0 Å². The molecule has 14 heteroatoms. The molecule has 0 saturated carbocycles. The summed E-state index contributed by atoms with van der Waals surface area (Å²) >= 11 is 6.23. The molecule has 222 valence electrons. The van der Waals surface area contributed by atoms with Gasteiger partial charge in [0.1, 0.15) is 0 Å². The van der Waals surface area contributed by atoms with Crippen LogP contribution in [0.1, 0.15) is 11.1 Å². The summed E-state index contributed by atoms with van der Waals surface area (Å²) in [7, 11) is 7.14. The van der Waals surface area contributed by atoms with Gasteiger partial charge in [-0.25, -0.2) is 19.7 Å². The Morgan fingerprint density at radius 3 is 2.79 bits per heavy atom. The Morgan fingerprint density at radius 1 is 1.21 bits per heavy atom. The minimum Gasteiger partial charge on any atom is -0.481 e. The van der Waals surface area contributed by atoms with Crippen LogP contribution in [0, 0.1) is 0 Å². The molecule has 3 amide bonds. The molecule has 1 aliphatic rings. The lowest BCUT2D eigenvalue weighted by molar-refractivity contribution is -0.111. The van der Waals surface area contributed by atoms with Crippen LogP contribution in [0.15, 0.2) is 67.1 Å². The Labute approximate surface area is 253 Å². The van der Waals surface area contributed by atoms with E-state index in [9.17, 15) is 9.59 Å². The third kappa shape index (κ3) is 7.08. The van der Waals surface area contributed by atoms with E-state index in [2.05, 4.69) is 25.7 Å². The van der Waals surface area contributed by atoms with Crippen LogP contribution in [0.2, 0.25) is 5.15 Å². The van der Waals surface area contributed by atoms with E-state index in [1.54, 1.807) is 78.7 Å². The van der Waals surface area contributed by atoms with Crippen molar-refractivity contribution in [2.45, 2.75) is 13.1 Å². The number of nitrogens with one attached hydrogen (secondary N) is 2. The second kappa shape index (κ2) is 12.9. The molecule has 2 N–H and O–H groups in total. The molecule has 0 unspecified atom stereocenters. The van der Waals surface area contributed by atoms with Crippen molar-refractivity contribution in [3.63, 3.8) is 0 Å². The fourth-order valence-electron chi connectivity index (χ4n) is 4.45. The molecule has 43 heavy (non-hydrogen) atoms. The Hall–Kier alpha value is -5.01. The van der Waals surface area contributed by atoms with Gasteiger partial charge in [0.05, 0.1) is 25.0 Å². The van der Waals surface area contributed by atoms with E-state index in [0.29, 0.717) is 41.8 Å². The zero-order chi connectivity index (χ0) is 30.5. The van der Waals surface area contributed by atoms with E-state index in [1.165, 1.54) is 11.0 Å². The molecule has 0 aliphatic carbocycles. The second-order valence-corrected chi connectivity index (χ2v) is 10.4. The number of likely N-dealkylation sites (N-methyl/N-ethyl adjacent to an activating group) is 1. The first-order valence-corrected chi connectivity index (χ1v) is 13.7. The normalized spacial score (nSPS) is 13.0. The number of carbonyl (C=O) groups is 2. The number of urea groups is 1. The predicted molar refractivity (Wildman–Crippen MR) is 164 cm³/mol. The summed E-state index contributed by atoms with van der Waals surface area (Å²) in [6, 6.07) is 10.3. The zero-order valence-corrected chi connectivity index (χ0v) is 24.9. The van der Waals surface area contributed by atoms with Crippen molar-refractivity contribution in [3.05, 3.63) is 83.4 Å². The molecule has 0 fully saturated rings. The smallest absolute Gasteiger partial charge is 0.330 e. The minimum atomic E-state index is -0.304. The summed E-state index contributed by atoms with van der Waals surface area (Å²) in [4.78, 5) is 45.1. The van der Waals surface area contributed by atoms with Crippen LogP contribution >= 0.6 is 11.6 Å². The lowest BCUT2D eigenvalue weighted by Crippen LogP contribution is -2.45. The highest BCUT2D eigenvalue weighted by molar-refractivity contribution is 6.32. The molecule has 1 aliphatic heterocycles. The number of carbonyl (C=O) groups excluding carboxylic acids is 2. The Bertz CT molecular complexity index is 1670. The summed E-state index contributed by atoms with van der Waals surface area (Å²) in [5.74, 6) is 0.824. The largest absolute Gasteiger partial charge is 0.481 e. The van der Waals surface area contributed by atoms with E-state index in [-0.39, 0.29) is 29.6 Å². The number of amides is 3. The summed E-state index contributed by atoms with van der Waals surface area (Å²) in [5.41, 5.74) is 3.14. The summed E-state index contributed by atoms with van der Waals surface area (Å²) in [6.07, 6.45) is 8.27. The van der Waals surface area contributed by atoms with E-state index < -0.39 is 0 Å². The molecular formula is C29H31ClN10O3. The first-order valence-electron chi connectivity index (χ1n) is 13.3. The number of hydrogen-bond acceptors (Lipinski definition) is 9. The van der Waals surface area contributed by atoms with Gasteiger partial charge in [0.15, 0.2) is 11.0 Å². The first kappa shape index (κ1) is 29.5. The molecule has 4 heterocycles. The maximum atomic E-state index is 14.1. The van der Waals surface area contributed by atoms with Gasteiger partial charge in [-0.1, -0.05) is 23.7 Å². The lowest BCUT2D eigenvalue weighted by atomic mass is 10.1. The van der Waals surface area contributed by atoms with Crippen molar-refractivity contribution in [2.24, 2.45) is 7.05 Å². The van der Waals surface area contributed by atoms with E-state index in [4.69, 9.17) is 21.3 Å². The standard InChI is InChI=1S/C29H31ClN10O3/c1-37(2)12-6-9-24(41)33-21-7-5-8-22(14-21)40-27-20(15-32-28(35-27)34-23-18-38(3)36-26(23)30)17-39(29(40)42)16-19-10-11-31-25(13-19)43-4/h5-11,13-15,18H,12,16-17H2,1-4H3,(H,33,41)(H,32,34,35)/b9-6+. The monoisotopic (exact) mass is 602 g/mol. The van der Waals surface area contributed by atoms with Crippen LogP contribution in [0.3, 0.4) is 0 Å². The molecule has 0 atom stereocenters. The number of benzene rings is 1. The highest BCUT2D eigenvalue weighted by Crippen LogP contribution is 2.36. The molecule has 1 aromatic carbocycles. The number of ether oxygens (including phenoxy) is 1. The SMILES string of the molecule is COc1cc(CN2Cc3cnc(Nc4cn(C)nc4Cl)nc3N(c3cccc(NC(=O)/C=C/CN(C)C)c3)C2=O)ccn1. The van der Waals surface area contributed by atoms with Gasteiger partial charge in [0.2, 0.25) is 17.7 Å². The number of aromatic nitrogens is 5. The van der Waals surface area contributed by atoms with Crippen molar-refractivity contribution in [1.82, 2.24) is 34.5 Å². The van der Waals surface area contributed by atoms with Crippen molar-refractivity contribution >= 4 is 52.4 Å². The fourth-order valence-corrected chi connectivity index (χ4v) is 4.66. The molecule has 4 aromatic rings. The number of nitrogens with zero attached hydrogens (tertiary/aromatic N) is 8. The van der Waals surface area contributed by atoms with Crippen molar-refractivity contribution < 1.29 is 14.3 Å². The highest BCUT2D eigenvalue weighted by Gasteiger charge is 2.34. The Morgan fingerprint density at radius 2 is 2.05 bits per heavy atom. The molecule has 0 saturated heterocycles. The summed E-state index contributed by atoms with van der Waals surface area (Å²) in [6.45, 7) is 1.20. The third-order valence-electron chi connectivity index (χ3n) is 6.40. The number of aryl methyl sites for hydroxylation is 1. The first-order chi connectivity index (χ1) is 20.7. The van der Waals surface area contributed by atoms with E-state index in [0.717, 1.165) is 11.1 Å². The number of fused-ring (bicyclic) bond motifs is 1. The van der Waals surface area contributed by atoms with Gasteiger partial charge in [0.25, 0.3) is 0 Å². The molecular weight excluding hydrogens is 572 g/mol. The van der Waals surface area contributed by atoms with Crippen LogP contribution in [0.5, 0.6) is 5.88 Å². The second-order valence-electron chi connectivity index (χ2n) is 10.1. The van der Waals surface area contributed by atoms with Crippen molar-refractivity contribution in [3.8, 4) is 5.88 Å². The zero-order valence-electron chi connectivity index (χ0n) is 24.2. The van der Waals surface area contributed by atoms with E-state index >= 15 is 0 Å². The van der Waals surface area contributed by atoms with Gasteiger partial charge in [-0.2, -0.15) is 10.1 Å². The third-order valence-corrected chi connectivity index (χ3v) is 6.68. The number of anilines is 5. The van der Waals surface area contributed by atoms with Crippen LogP contribution in [0.4, 0.5) is 33.6 Å². The van der Waals surface area contributed by atoms with Crippen molar-refractivity contribution in [1.29, 1.82) is 0 Å². The lowest BCUT2D eigenvalue weighted by Gasteiger charge is -2.36. The predicted octanol–water partition coefficient (Wildman–Crippen LogP) is 4.34. The average molecular weight is 603 g/mol. The van der Waals surface area contributed by atoms with Crippen molar-refractivity contribution in [2.75, 3.05) is 43.3 Å². The van der Waals surface area contributed by atoms with Gasteiger partial charge in [-0.3, -0.25) is 9.48 Å². The van der Waals surface area contributed by atoms with Gasteiger partial charge in [0, 0.05) is 62.1 Å². The minimum absolute atomic E-state index is 0.245. The van der Waals surface area contributed by atoms with E-state index in [1.807, 2.05) is 25.1 Å². The Balaban J connectivity index is 1.49. The maximum Gasteiger partial charge on any atom is 0.330 e. The molecule has 0 radical (unpaired) electrons. The number of hydrogen-bond donors (Lipinski definition) is 2. The molecule has 5 rings (SSSR count). The Kier molecular flexibility index (Phi) is 8.83. The van der Waals surface area contributed by atoms with Gasteiger partial charge in [-0.05, 0) is 43.9 Å². The average Bonchev–Trinajstić information content (AvgIpc) is 3.29. The molecule has 13 nitrogen and oxygen atoms in total. The number of halogens is 1. The van der Waals surface area contributed by atoms with Gasteiger partial charge >= 0.3 is 6.03 Å². The molecule has 0 spiro atoms. The van der Waals surface area contributed by atoms with Crippen LogP contribution in [-0.4, -0.2) is 74.2 Å². The summed E-state index contributed by atoms with van der Waals surface area (Å²) < 4.78 is 6.83. The maximum absolute atomic E-state index is 14.1. The van der Waals surface area contributed by atoms with Gasteiger partial charge in [-0.15, -0.1) is 0 Å². The topological polar surface area (TPSA) is 134 Å². The highest BCUT2D eigenvalue weighted by atomic mass is 35.5. The number of methoxy groups -OCH3 is 1. The van der Waals surface area contributed by atoms with Gasteiger partial charge < -0.3 is 25.2 Å².